The van der Waals surface area contributed by atoms with Crippen LogP contribution in [0.2, 0.25) is 5.02 Å². The van der Waals surface area contributed by atoms with E-state index in [1.807, 2.05) is 50.2 Å². The molecule has 196 valence electrons. The predicted octanol–water partition coefficient (Wildman–Crippen LogP) is 4.37. The molecular weight excluding hydrogens is 522 g/mol. The van der Waals surface area contributed by atoms with Crippen molar-refractivity contribution < 1.29 is 15.0 Å². The van der Waals surface area contributed by atoms with Crippen LogP contribution in [0.4, 0.5) is 5.82 Å². The van der Waals surface area contributed by atoms with Gasteiger partial charge in [-0.2, -0.15) is 0 Å². The number of fused-ring (bicyclic) bond motifs is 1. The van der Waals surface area contributed by atoms with E-state index >= 15 is 0 Å². The first kappa shape index (κ1) is 26.3. The monoisotopic (exact) mass is 549 g/mol. The lowest BCUT2D eigenvalue weighted by Crippen LogP contribution is -2.41. The van der Waals surface area contributed by atoms with Crippen LogP contribution in [0.1, 0.15) is 48.0 Å². The van der Waals surface area contributed by atoms with Gasteiger partial charge in [-0.15, -0.1) is 11.3 Å². The van der Waals surface area contributed by atoms with E-state index in [2.05, 4.69) is 27.1 Å². The number of hydrogen-bond donors (Lipinski definition) is 3. The Morgan fingerprint density at radius 2 is 2.03 bits per heavy atom. The second-order valence-corrected chi connectivity index (χ2v) is 11.6. The summed E-state index contributed by atoms with van der Waals surface area (Å²) in [7, 11) is 0. The van der Waals surface area contributed by atoms with Gasteiger partial charge in [0.05, 0.1) is 28.8 Å². The summed E-state index contributed by atoms with van der Waals surface area (Å²) in [5, 5.41) is 25.9. The number of carbonyl (C=O) groups is 1. The Morgan fingerprint density at radius 3 is 2.68 bits per heavy atom. The molecule has 0 aliphatic heterocycles. The summed E-state index contributed by atoms with van der Waals surface area (Å²) in [6, 6.07) is 10.8. The molecule has 1 aromatic carbocycles. The van der Waals surface area contributed by atoms with Crippen molar-refractivity contribution in [1.29, 1.82) is 0 Å². The van der Waals surface area contributed by atoms with E-state index in [4.69, 9.17) is 16.6 Å². The molecule has 0 spiro atoms. The van der Waals surface area contributed by atoms with Crippen molar-refractivity contribution >= 4 is 45.7 Å². The Morgan fingerprint density at radius 1 is 1.24 bits per heavy atom. The minimum absolute atomic E-state index is 0.181. The van der Waals surface area contributed by atoms with E-state index in [0.717, 1.165) is 15.3 Å². The maximum Gasteiger partial charge on any atom is 0.209 e. The SMILES string of the molecule is CC(=O)C1(C)C(O)[C@@H](O)[C@H](n2cnc3c(NCc4cccc(Cl)c4)nc(C#Cc4ccc(C)s4)nc32)C1C. The van der Waals surface area contributed by atoms with Gasteiger partial charge in [-0.3, -0.25) is 4.79 Å². The number of aromatic nitrogens is 4. The quantitative estimate of drug-likeness (QED) is 0.317. The molecular formula is C28H28ClN5O3S. The molecule has 0 bridgehead atoms. The van der Waals surface area contributed by atoms with E-state index in [1.165, 1.54) is 6.92 Å². The number of halogens is 1. The molecule has 0 saturated heterocycles. The molecule has 0 amide bonds. The third-order valence-corrected chi connectivity index (χ3v) is 8.79. The zero-order valence-corrected chi connectivity index (χ0v) is 23.0. The highest BCUT2D eigenvalue weighted by atomic mass is 35.5. The van der Waals surface area contributed by atoms with Gasteiger partial charge in [-0.05, 0) is 68.4 Å². The fraction of sp³-hybridized carbons (Fsp3) is 0.357. The topological polar surface area (TPSA) is 113 Å². The second-order valence-electron chi connectivity index (χ2n) is 9.92. The Labute approximate surface area is 229 Å². The summed E-state index contributed by atoms with van der Waals surface area (Å²) in [6.07, 6.45) is -0.828. The number of nitrogens with one attached hydrogen (secondary N) is 1. The summed E-state index contributed by atoms with van der Waals surface area (Å²) >= 11 is 7.74. The summed E-state index contributed by atoms with van der Waals surface area (Å²) in [4.78, 5) is 28.5. The standard InChI is InChI=1S/C28H28ClN5O3S/c1-15-8-9-20(38-15)10-11-21-32-26(30-13-18-6-5-7-19(29)12-18)22-27(33-21)34(14-31-22)23-16(2)28(4,17(3)35)25(37)24(23)36/h5-9,12,14,16,23-25,36-37H,13H2,1-4H3,(H,30,32,33)/t16?,23-,24+,25?,28?/m1/s1. The van der Waals surface area contributed by atoms with Crippen molar-refractivity contribution in [3.05, 3.63) is 68.9 Å². The molecule has 3 aromatic heterocycles. The van der Waals surface area contributed by atoms with Crippen LogP contribution in [0.3, 0.4) is 0 Å². The molecule has 0 radical (unpaired) electrons. The number of nitrogens with zero attached hydrogens (tertiary/aromatic N) is 4. The molecule has 1 aliphatic carbocycles. The number of hydrogen-bond acceptors (Lipinski definition) is 8. The Bertz CT molecular complexity index is 1590. The van der Waals surface area contributed by atoms with Crippen molar-refractivity contribution in [3.63, 3.8) is 0 Å². The van der Waals surface area contributed by atoms with Crippen LogP contribution in [0.15, 0.2) is 42.7 Å². The third kappa shape index (κ3) is 4.58. The van der Waals surface area contributed by atoms with Crippen LogP contribution >= 0.6 is 22.9 Å². The lowest BCUT2D eigenvalue weighted by atomic mass is 9.75. The van der Waals surface area contributed by atoms with Crippen LogP contribution in [-0.2, 0) is 11.3 Å². The lowest BCUT2D eigenvalue weighted by molar-refractivity contribution is -0.135. The van der Waals surface area contributed by atoms with Crippen molar-refractivity contribution in [3.8, 4) is 11.8 Å². The molecule has 38 heavy (non-hydrogen) atoms. The number of aliphatic hydroxyl groups is 2. The van der Waals surface area contributed by atoms with Crippen molar-refractivity contribution in [2.24, 2.45) is 11.3 Å². The first-order chi connectivity index (χ1) is 18.1. The smallest absolute Gasteiger partial charge is 0.209 e. The molecule has 3 unspecified atom stereocenters. The van der Waals surface area contributed by atoms with Gasteiger partial charge in [0.15, 0.2) is 17.0 Å². The van der Waals surface area contributed by atoms with Gasteiger partial charge in [0.25, 0.3) is 0 Å². The van der Waals surface area contributed by atoms with Crippen LogP contribution in [0.5, 0.6) is 0 Å². The normalized spacial score (nSPS) is 24.8. The first-order valence-corrected chi connectivity index (χ1v) is 13.5. The average Bonchev–Trinajstić information content (AvgIpc) is 3.54. The van der Waals surface area contributed by atoms with Crippen molar-refractivity contribution in [2.75, 3.05) is 5.32 Å². The molecule has 8 nitrogen and oxygen atoms in total. The number of rotatable bonds is 5. The van der Waals surface area contributed by atoms with Crippen molar-refractivity contribution in [2.45, 2.75) is 52.5 Å². The molecule has 3 heterocycles. The van der Waals surface area contributed by atoms with Gasteiger partial charge in [-0.1, -0.05) is 30.7 Å². The summed E-state index contributed by atoms with van der Waals surface area (Å²) in [5.41, 5.74) is 0.803. The van der Waals surface area contributed by atoms with Crippen molar-refractivity contribution in [1.82, 2.24) is 19.5 Å². The maximum atomic E-state index is 12.5. The number of carbonyl (C=O) groups excluding carboxylic acids is 1. The molecule has 1 fully saturated rings. The number of Topliss-reactive ketones (excluding diaryl/α,β-unsaturated/α-hetero) is 1. The molecule has 1 aliphatic rings. The fourth-order valence-corrected chi connectivity index (χ4v) is 6.10. The van der Waals surface area contributed by atoms with Gasteiger partial charge in [0, 0.05) is 16.4 Å². The van der Waals surface area contributed by atoms with E-state index in [1.54, 1.807) is 29.2 Å². The highest BCUT2D eigenvalue weighted by Gasteiger charge is 2.58. The van der Waals surface area contributed by atoms with Gasteiger partial charge < -0.3 is 20.1 Å². The number of aliphatic hydroxyl groups excluding tert-OH is 2. The maximum absolute atomic E-state index is 12.5. The van der Waals surface area contributed by atoms with Crippen LogP contribution in [0, 0.1) is 30.1 Å². The predicted molar refractivity (Wildman–Crippen MR) is 148 cm³/mol. The van der Waals surface area contributed by atoms with Crippen LogP contribution in [-0.4, -0.2) is 47.7 Å². The lowest BCUT2D eigenvalue weighted by Gasteiger charge is -2.30. The summed E-state index contributed by atoms with van der Waals surface area (Å²) in [5.74, 6) is 6.38. The summed E-state index contributed by atoms with van der Waals surface area (Å²) in [6.45, 7) is 7.46. The largest absolute Gasteiger partial charge is 0.389 e. The highest BCUT2D eigenvalue weighted by molar-refractivity contribution is 7.12. The summed E-state index contributed by atoms with van der Waals surface area (Å²) < 4.78 is 1.73. The van der Waals surface area contributed by atoms with Gasteiger partial charge in [0.2, 0.25) is 5.82 Å². The van der Waals surface area contributed by atoms with E-state index in [9.17, 15) is 15.0 Å². The Kier molecular flexibility index (Phi) is 7.01. The third-order valence-electron chi connectivity index (χ3n) is 7.63. The minimum Gasteiger partial charge on any atom is -0.389 e. The number of ketones is 1. The van der Waals surface area contributed by atoms with E-state index < -0.39 is 23.7 Å². The highest BCUT2D eigenvalue weighted by Crippen LogP contribution is 2.50. The van der Waals surface area contributed by atoms with Gasteiger partial charge in [-0.25, -0.2) is 15.0 Å². The molecule has 5 atom stereocenters. The van der Waals surface area contributed by atoms with Gasteiger partial charge in [0.1, 0.15) is 11.9 Å². The van der Waals surface area contributed by atoms with Crippen LogP contribution in [0.25, 0.3) is 11.2 Å². The first-order valence-electron chi connectivity index (χ1n) is 12.3. The van der Waals surface area contributed by atoms with Crippen LogP contribution < -0.4 is 5.32 Å². The zero-order valence-electron chi connectivity index (χ0n) is 21.4. The number of imidazole rings is 1. The number of anilines is 1. The fourth-order valence-electron chi connectivity index (χ4n) is 5.16. The zero-order chi connectivity index (χ0) is 27.2. The number of thiophene rings is 1. The Balaban J connectivity index is 1.60. The molecule has 4 aromatic rings. The Hall–Kier alpha value is -3.29. The van der Waals surface area contributed by atoms with E-state index in [0.29, 0.717) is 28.5 Å². The molecule has 1 saturated carbocycles. The average molecular weight is 550 g/mol. The number of benzene rings is 1. The molecule has 10 heteroatoms. The second kappa shape index (κ2) is 10.1. The minimum atomic E-state index is -1.22. The van der Waals surface area contributed by atoms with Gasteiger partial charge >= 0.3 is 0 Å². The molecule has 3 N–H and O–H groups in total. The molecule has 5 rings (SSSR count). The number of aryl methyl sites for hydroxylation is 1. The van der Waals surface area contributed by atoms with E-state index in [-0.39, 0.29) is 17.5 Å².